The van der Waals surface area contributed by atoms with Gasteiger partial charge in [-0.3, -0.25) is 15.3 Å². The summed E-state index contributed by atoms with van der Waals surface area (Å²) in [5, 5.41) is 5.66. The molecule has 0 aliphatic heterocycles. The molecule has 3 heterocycles. The Morgan fingerprint density at radius 3 is 2.58 bits per heavy atom. The number of hydrogen-bond acceptors (Lipinski definition) is 6. The first-order valence-corrected chi connectivity index (χ1v) is 8.03. The smallest absolute Gasteiger partial charge is 0.412 e. The van der Waals surface area contributed by atoms with Gasteiger partial charge < -0.3 is 10.1 Å². The number of amides is 1. The average molecular weight is 349 g/mol. The lowest BCUT2D eigenvalue weighted by atomic mass is 10.0. The van der Waals surface area contributed by atoms with Gasteiger partial charge in [0.2, 0.25) is 0 Å². The van der Waals surface area contributed by atoms with Gasteiger partial charge in [-0.15, -0.1) is 0 Å². The molecule has 0 unspecified atom stereocenters. The molecule has 0 saturated heterocycles. The molecule has 7 nitrogen and oxygen atoms in total. The number of hydrogen-bond donors (Lipinski definition) is 2. The Labute approximate surface area is 151 Å². The fraction of sp³-hybridized carbons (Fsp3) is 0.158. The lowest BCUT2D eigenvalue weighted by molar-refractivity contribution is 0.187. The summed E-state index contributed by atoms with van der Waals surface area (Å²) in [6.45, 7) is 1.97. The minimum Gasteiger partial charge on any atom is -0.453 e. The number of carbonyl (C=O) groups excluding carboxylic acids is 1. The van der Waals surface area contributed by atoms with E-state index in [9.17, 15) is 4.79 Å². The molecule has 3 rings (SSSR count). The van der Waals surface area contributed by atoms with Crippen LogP contribution in [0.3, 0.4) is 0 Å². The number of aryl methyl sites for hydroxylation is 1. The summed E-state index contributed by atoms with van der Waals surface area (Å²) in [7, 11) is 3.17. The van der Waals surface area contributed by atoms with Crippen LogP contribution >= 0.6 is 0 Å². The zero-order chi connectivity index (χ0) is 18.5. The van der Waals surface area contributed by atoms with Gasteiger partial charge in [0.15, 0.2) is 0 Å². The van der Waals surface area contributed by atoms with Gasteiger partial charge in [0.05, 0.1) is 24.7 Å². The minimum absolute atomic E-state index is 0.400. The normalized spacial score (nSPS) is 10.3. The molecule has 0 radical (unpaired) electrons. The molecule has 0 aliphatic rings. The highest BCUT2D eigenvalue weighted by molar-refractivity contribution is 5.84. The maximum atomic E-state index is 11.4. The largest absolute Gasteiger partial charge is 0.453 e. The van der Waals surface area contributed by atoms with Gasteiger partial charge in [-0.2, -0.15) is 0 Å². The Morgan fingerprint density at radius 1 is 1.04 bits per heavy atom. The number of nitrogens with one attached hydrogen (secondary N) is 2. The molecular weight excluding hydrogens is 330 g/mol. The number of nitrogens with zero attached hydrogens (tertiary/aromatic N) is 3. The van der Waals surface area contributed by atoms with E-state index in [2.05, 4.69) is 36.4 Å². The van der Waals surface area contributed by atoms with Crippen LogP contribution in [0.4, 0.5) is 16.3 Å². The second-order valence-corrected chi connectivity index (χ2v) is 5.58. The summed E-state index contributed by atoms with van der Waals surface area (Å²) in [6, 6.07) is 9.57. The third-order valence-corrected chi connectivity index (χ3v) is 3.92. The first-order chi connectivity index (χ1) is 12.6. The number of carbonyl (C=O) groups is 1. The summed E-state index contributed by atoms with van der Waals surface area (Å²) < 4.78 is 4.59. The van der Waals surface area contributed by atoms with Crippen molar-refractivity contribution in [2.75, 3.05) is 24.8 Å². The van der Waals surface area contributed by atoms with E-state index >= 15 is 0 Å². The Kier molecular flexibility index (Phi) is 5.07. The van der Waals surface area contributed by atoms with Crippen LogP contribution in [0.25, 0.3) is 22.4 Å². The van der Waals surface area contributed by atoms with E-state index in [1.807, 2.05) is 32.2 Å². The minimum atomic E-state index is -0.568. The van der Waals surface area contributed by atoms with Crippen LogP contribution in [0.1, 0.15) is 5.69 Å². The SMILES string of the molecule is CNc1cnc(C)c(-c2ccnc(-c3ccnc(NC(=O)OC)c3)c2)c1. The molecule has 0 aliphatic carbocycles. The highest BCUT2D eigenvalue weighted by atomic mass is 16.5. The quantitative estimate of drug-likeness (QED) is 0.746. The van der Waals surface area contributed by atoms with Gasteiger partial charge in [-0.25, -0.2) is 9.78 Å². The number of aromatic nitrogens is 3. The Balaban J connectivity index is 1.98. The molecule has 0 atom stereocenters. The van der Waals surface area contributed by atoms with Crippen LogP contribution < -0.4 is 10.6 Å². The van der Waals surface area contributed by atoms with E-state index in [1.165, 1.54) is 7.11 Å². The monoisotopic (exact) mass is 349 g/mol. The fourth-order valence-corrected chi connectivity index (χ4v) is 2.53. The molecule has 26 heavy (non-hydrogen) atoms. The van der Waals surface area contributed by atoms with Crippen LogP contribution in [-0.2, 0) is 4.74 Å². The predicted octanol–water partition coefficient (Wildman–Crippen LogP) is 3.73. The van der Waals surface area contributed by atoms with Gasteiger partial charge in [0, 0.05) is 36.3 Å². The topological polar surface area (TPSA) is 89.0 Å². The van der Waals surface area contributed by atoms with Crippen LogP contribution in [0, 0.1) is 6.92 Å². The van der Waals surface area contributed by atoms with Gasteiger partial charge in [-0.05, 0) is 42.8 Å². The highest BCUT2D eigenvalue weighted by Crippen LogP contribution is 2.28. The molecule has 3 aromatic heterocycles. The van der Waals surface area contributed by atoms with E-state index in [0.717, 1.165) is 33.8 Å². The summed E-state index contributed by atoms with van der Waals surface area (Å²) >= 11 is 0. The van der Waals surface area contributed by atoms with Crippen molar-refractivity contribution < 1.29 is 9.53 Å². The van der Waals surface area contributed by atoms with Crippen molar-refractivity contribution >= 4 is 17.6 Å². The number of pyridine rings is 3. The number of methoxy groups -OCH3 is 1. The fourth-order valence-electron chi connectivity index (χ4n) is 2.53. The molecule has 132 valence electrons. The molecule has 0 spiro atoms. The van der Waals surface area contributed by atoms with Crippen molar-refractivity contribution in [3.05, 3.63) is 54.6 Å². The van der Waals surface area contributed by atoms with Crippen LogP contribution in [-0.4, -0.2) is 35.2 Å². The van der Waals surface area contributed by atoms with Crippen LogP contribution in [0.15, 0.2) is 48.9 Å². The van der Waals surface area contributed by atoms with Crippen molar-refractivity contribution in [2.24, 2.45) is 0 Å². The average Bonchev–Trinajstić information content (AvgIpc) is 2.68. The van der Waals surface area contributed by atoms with E-state index in [-0.39, 0.29) is 0 Å². The molecule has 1 amide bonds. The third-order valence-electron chi connectivity index (χ3n) is 3.92. The van der Waals surface area contributed by atoms with Crippen molar-refractivity contribution in [1.82, 2.24) is 15.0 Å². The second-order valence-electron chi connectivity index (χ2n) is 5.58. The van der Waals surface area contributed by atoms with E-state index in [0.29, 0.717) is 5.82 Å². The highest BCUT2D eigenvalue weighted by Gasteiger charge is 2.09. The Morgan fingerprint density at radius 2 is 1.81 bits per heavy atom. The van der Waals surface area contributed by atoms with Gasteiger partial charge in [0.25, 0.3) is 0 Å². The second kappa shape index (κ2) is 7.60. The standard InChI is InChI=1S/C19H19N5O2/c1-12-16(10-15(20-2)11-23-12)13-4-6-21-17(8-13)14-5-7-22-18(9-14)24-19(25)26-3/h4-11,20H,1-3H3,(H,22,24,25). The third kappa shape index (κ3) is 3.77. The first-order valence-electron chi connectivity index (χ1n) is 8.03. The molecule has 7 heteroatoms. The van der Waals surface area contributed by atoms with Gasteiger partial charge >= 0.3 is 6.09 Å². The first kappa shape index (κ1) is 17.3. The lowest BCUT2D eigenvalue weighted by Gasteiger charge is -2.10. The van der Waals surface area contributed by atoms with Crippen molar-refractivity contribution in [2.45, 2.75) is 6.92 Å². The Bertz CT molecular complexity index is 943. The Hall–Kier alpha value is -3.48. The maximum Gasteiger partial charge on any atom is 0.412 e. The van der Waals surface area contributed by atoms with Crippen LogP contribution in [0.5, 0.6) is 0 Å². The number of anilines is 2. The van der Waals surface area contributed by atoms with Crippen molar-refractivity contribution in [3.63, 3.8) is 0 Å². The predicted molar refractivity (Wildman–Crippen MR) is 101 cm³/mol. The van der Waals surface area contributed by atoms with Crippen molar-refractivity contribution in [3.8, 4) is 22.4 Å². The molecule has 0 fully saturated rings. The number of ether oxygens (including phenoxy) is 1. The van der Waals surface area contributed by atoms with Crippen LogP contribution in [0.2, 0.25) is 0 Å². The summed E-state index contributed by atoms with van der Waals surface area (Å²) in [6.07, 6.45) is 4.60. The van der Waals surface area contributed by atoms with Gasteiger partial charge in [-0.1, -0.05) is 0 Å². The maximum absolute atomic E-state index is 11.4. The zero-order valence-electron chi connectivity index (χ0n) is 14.8. The molecule has 2 N–H and O–H groups in total. The summed E-state index contributed by atoms with van der Waals surface area (Å²) in [5.74, 6) is 0.400. The van der Waals surface area contributed by atoms with E-state index < -0.39 is 6.09 Å². The zero-order valence-corrected chi connectivity index (χ0v) is 14.8. The molecular formula is C19H19N5O2. The lowest BCUT2D eigenvalue weighted by Crippen LogP contribution is -2.11. The van der Waals surface area contributed by atoms with E-state index in [1.54, 1.807) is 24.7 Å². The van der Waals surface area contributed by atoms with E-state index in [4.69, 9.17) is 0 Å². The van der Waals surface area contributed by atoms with Crippen molar-refractivity contribution in [1.29, 1.82) is 0 Å². The van der Waals surface area contributed by atoms with Gasteiger partial charge in [0.1, 0.15) is 5.82 Å². The molecule has 0 saturated carbocycles. The summed E-state index contributed by atoms with van der Waals surface area (Å²) in [4.78, 5) is 24.3. The number of rotatable bonds is 4. The summed E-state index contributed by atoms with van der Waals surface area (Å²) in [5.41, 5.74) is 5.52. The molecule has 3 aromatic rings. The molecule has 0 bridgehead atoms. The molecule has 0 aromatic carbocycles.